The van der Waals surface area contributed by atoms with Gasteiger partial charge in [0.05, 0.1) is 22.1 Å². The van der Waals surface area contributed by atoms with E-state index in [0.717, 1.165) is 32.4 Å². The number of carbonyl (C=O) groups excluding carboxylic acids is 2. The van der Waals surface area contributed by atoms with Crippen molar-refractivity contribution in [1.29, 1.82) is 0 Å². The van der Waals surface area contributed by atoms with Gasteiger partial charge < -0.3 is 21.3 Å². The number of fused-ring (bicyclic) bond motifs is 1. The molecule has 1 aromatic carbocycles. The van der Waals surface area contributed by atoms with Crippen molar-refractivity contribution >= 4 is 40.8 Å². The van der Waals surface area contributed by atoms with Gasteiger partial charge in [0.1, 0.15) is 11.6 Å². The van der Waals surface area contributed by atoms with Gasteiger partial charge in [-0.3, -0.25) is 19.7 Å². The number of nitro benzene ring substituents is 1. The number of piperidine rings is 1. The molecule has 0 spiro atoms. The van der Waals surface area contributed by atoms with Gasteiger partial charge in [0.25, 0.3) is 5.69 Å². The lowest BCUT2D eigenvalue weighted by Gasteiger charge is -2.30. The number of nitrogen functional groups attached to an aromatic ring is 1. The molecular weight excluding hydrogens is 402 g/mol. The molecule has 2 amide bonds. The van der Waals surface area contributed by atoms with Crippen LogP contribution in [0.4, 0.5) is 29.0 Å². The molecule has 0 bridgehead atoms. The summed E-state index contributed by atoms with van der Waals surface area (Å²) in [5, 5.41) is 16.5. The fourth-order valence-electron chi connectivity index (χ4n) is 3.92. The predicted molar refractivity (Wildman–Crippen MR) is 115 cm³/mol. The van der Waals surface area contributed by atoms with Crippen molar-refractivity contribution in [2.45, 2.75) is 38.5 Å². The van der Waals surface area contributed by atoms with Crippen LogP contribution in [0.1, 0.15) is 42.7 Å². The first-order chi connectivity index (χ1) is 14.8. The Hall–Kier alpha value is -3.76. The summed E-state index contributed by atoms with van der Waals surface area (Å²) in [5.41, 5.74) is 7.39. The molecule has 0 aliphatic carbocycles. The highest BCUT2D eigenvalue weighted by molar-refractivity contribution is 6.06. The minimum Gasteiger partial charge on any atom is -0.383 e. The number of hydrogen-bond acceptors (Lipinski definition) is 8. The molecule has 2 aliphatic heterocycles. The summed E-state index contributed by atoms with van der Waals surface area (Å²) in [5.74, 6) is -0.946. The number of aromatic nitrogens is 2. The maximum absolute atomic E-state index is 13.1. The quantitative estimate of drug-likeness (QED) is 0.498. The number of carbonyl (C=O) groups is 2. The van der Waals surface area contributed by atoms with E-state index in [1.54, 1.807) is 13.0 Å². The Morgan fingerprint density at radius 1 is 1.29 bits per heavy atom. The maximum atomic E-state index is 13.1. The minimum atomic E-state index is -0.905. The molecule has 31 heavy (non-hydrogen) atoms. The van der Waals surface area contributed by atoms with Crippen molar-refractivity contribution in [2.24, 2.45) is 0 Å². The predicted octanol–water partition coefficient (Wildman–Crippen LogP) is 2.33. The Labute approximate surface area is 178 Å². The van der Waals surface area contributed by atoms with Crippen LogP contribution in [0.25, 0.3) is 0 Å². The summed E-state index contributed by atoms with van der Waals surface area (Å²) >= 11 is 0. The first-order valence-electron chi connectivity index (χ1n) is 10.1. The summed E-state index contributed by atoms with van der Waals surface area (Å²) in [4.78, 5) is 46.8. The monoisotopic (exact) mass is 425 g/mol. The molecule has 0 radical (unpaired) electrons. The number of hydrogen-bond donors (Lipinski definition) is 3. The number of aryl methyl sites for hydroxylation is 1. The van der Waals surface area contributed by atoms with Gasteiger partial charge in [-0.1, -0.05) is 6.07 Å². The van der Waals surface area contributed by atoms with E-state index in [4.69, 9.17) is 5.73 Å². The van der Waals surface area contributed by atoms with Crippen molar-refractivity contribution in [1.82, 2.24) is 9.97 Å². The van der Waals surface area contributed by atoms with Crippen molar-refractivity contribution in [3.8, 4) is 0 Å². The Balaban J connectivity index is 1.65. The number of nitrogens with two attached hydrogens (primary N) is 1. The van der Waals surface area contributed by atoms with E-state index < -0.39 is 16.7 Å². The van der Waals surface area contributed by atoms with Gasteiger partial charge in [-0.05, 0) is 31.7 Å². The molecule has 4 N–H and O–H groups in total. The number of non-ortho nitro benzene ring substituents is 1. The van der Waals surface area contributed by atoms with Crippen molar-refractivity contribution in [3.63, 3.8) is 0 Å². The Kier molecular flexibility index (Phi) is 5.40. The van der Waals surface area contributed by atoms with Crippen LogP contribution < -0.4 is 21.3 Å². The van der Waals surface area contributed by atoms with Crippen molar-refractivity contribution in [3.05, 3.63) is 39.4 Å². The standard InChI is InChI=1S/C20H23N7O4/c1-11-5-6-12(27(30)31)9-14(11)22-19(29)13-10-15(28)23-18-16(13)17(21)24-20(25-18)26-7-3-2-4-8-26/h5-6,9,13H,2-4,7-8,10H2,1H3,(H,22,29)(H3,21,23,24,25,28)/t13-/m1/s1. The van der Waals surface area contributed by atoms with Gasteiger partial charge >= 0.3 is 0 Å². The average Bonchev–Trinajstić information content (AvgIpc) is 2.74. The van der Waals surface area contributed by atoms with Gasteiger partial charge in [0, 0.05) is 31.6 Å². The highest BCUT2D eigenvalue weighted by atomic mass is 16.6. The van der Waals surface area contributed by atoms with Crippen LogP contribution in [-0.4, -0.2) is 39.8 Å². The van der Waals surface area contributed by atoms with E-state index in [-0.39, 0.29) is 29.7 Å². The van der Waals surface area contributed by atoms with Gasteiger partial charge in [0.15, 0.2) is 0 Å². The number of rotatable bonds is 4. The van der Waals surface area contributed by atoms with Crippen molar-refractivity contribution in [2.75, 3.05) is 34.4 Å². The lowest BCUT2D eigenvalue weighted by Crippen LogP contribution is -2.35. The zero-order valence-corrected chi connectivity index (χ0v) is 17.1. The highest BCUT2D eigenvalue weighted by Crippen LogP contribution is 2.37. The smallest absolute Gasteiger partial charge is 0.271 e. The van der Waals surface area contributed by atoms with Crippen LogP contribution >= 0.6 is 0 Å². The Morgan fingerprint density at radius 3 is 2.74 bits per heavy atom. The number of amides is 2. The van der Waals surface area contributed by atoms with Crippen LogP contribution in [0.15, 0.2) is 18.2 Å². The second-order valence-corrected chi connectivity index (χ2v) is 7.77. The van der Waals surface area contributed by atoms with Crippen molar-refractivity contribution < 1.29 is 14.5 Å². The number of nitro groups is 1. The molecule has 1 fully saturated rings. The number of nitrogens with one attached hydrogen (secondary N) is 2. The van der Waals surface area contributed by atoms with E-state index in [9.17, 15) is 19.7 Å². The maximum Gasteiger partial charge on any atom is 0.271 e. The molecule has 1 atom stereocenters. The Morgan fingerprint density at radius 2 is 2.03 bits per heavy atom. The minimum absolute atomic E-state index is 0.122. The zero-order chi connectivity index (χ0) is 22.1. The molecule has 1 saturated heterocycles. The van der Waals surface area contributed by atoms with Gasteiger partial charge in [-0.25, -0.2) is 0 Å². The normalized spacial score (nSPS) is 18.2. The average molecular weight is 425 g/mol. The molecule has 4 rings (SSSR count). The number of anilines is 4. The van der Waals surface area contributed by atoms with E-state index >= 15 is 0 Å². The third kappa shape index (κ3) is 4.11. The molecule has 11 nitrogen and oxygen atoms in total. The molecule has 0 unspecified atom stereocenters. The second-order valence-electron chi connectivity index (χ2n) is 7.77. The molecule has 2 aromatic rings. The molecular formula is C20H23N7O4. The summed E-state index contributed by atoms with van der Waals surface area (Å²) in [6, 6.07) is 4.20. The topological polar surface area (TPSA) is 156 Å². The fourth-order valence-corrected chi connectivity index (χ4v) is 3.92. The van der Waals surface area contributed by atoms with Crippen LogP contribution in [0, 0.1) is 17.0 Å². The highest BCUT2D eigenvalue weighted by Gasteiger charge is 2.35. The Bertz CT molecular complexity index is 1070. The number of nitrogens with zero attached hydrogens (tertiary/aromatic N) is 4. The summed E-state index contributed by atoms with van der Waals surface area (Å²) < 4.78 is 0. The fraction of sp³-hybridized carbons (Fsp3) is 0.400. The van der Waals surface area contributed by atoms with E-state index in [2.05, 4.69) is 20.6 Å². The summed E-state index contributed by atoms with van der Waals surface area (Å²) in [7, 11) is 0. The van der Waals surface area contributed by atoms with Crippen LogP contribution in [-0.2, 0) is 9.59 Å². The molecule has 3 heterocycles. The van der Waals surface area contributed by atoms with Gasteiger partial charge in [-0.2, -0.15) is 9.97 Å². The first-order valence-corrected chi connectivity index (χ1v) is 10.1. The lowest BCUT2D eigenvalue weighted by atomic mass is 9.91. The molecule has 162 valence electrons. The van der Waals surface area contributed by atoms with Gasteiger partial charge in [0.2, 0.25) is 17.8 Å². The van der Waals surface area contributed by atoms with E-state index in [1.165, 1.54) is 12.1 Å². The van der Waals surface area contributed by atoms with Crippen LogP contribution in [0.5, 0.6) is 0 Å². The van der Waals surface area contributed by atoms with E-state index in [1.807, 2.05) is 4.90 Å². The third-order valence-corrected chi connectivity index (χ3v) is 5.60. The first kappa shape index (κ1) is 20.5. The van der Waals surface area contributed by atoms with Crippen LogP contribution in [0.2, 0.25) is 0 Å². The largest absolute Gasteiger partial charge is 0.383 e. The van der Waals surface area contributed by atoms with Crippen LogP contribution in [0.3, 0.4) is 0 Å². The molecule has 2 aliphatic rings. The number of benzene rings is 1. The SMILES string of the molecule is Cc1ccc([N+](=O)[O-])cc1NC(=O)[C@@H]1CC(=O)Nc2nc(N3CCCCC3)nc(N)c21. The van der Waals surface area contributed by atoms with Gasteiger partial charge in [-0.15, -0.1) is 0 Å². The lowest BCUT2D eigenvalue weighted by molar-refractivity contribution is -0.384. The summed E-state index contributed by atoms with van der Waals surface area (Å²) in [6.07, 6.45) is 3.08. The third-order valence-electron chi connectivity index (χ3n) is 5.60. The molecule has 1 aromatic heterocycles. The zero-order valence-electron chi connectivity index (χ0n) is 17.1. The molecule has 11 heteroatoms. The molecule has 0 saturated carbocycles. The summed E-state index contributed by atoms with van der Waals surface area (Å²) in [6.45, 7) is 3.34. The van der Waals surface area contributed by atoms with E-state index in [0.29, 0.717) is 22.8 Å². The second kappa shape index (κ2) is 8.17.